The first-order valence-electron chi connectivity index (χ1n) is 14.7. The van der Waals surface area contributed by atoms with Gasteiger partial charge in [0.2, 0.25) is 0 Å². The van der Waals surface area contributed by atoms with Gasteiger partial charge in [-0.05, 0) is 80.6 Å². The van der Waals surface area contributed by atoms with Crippen LogP contribution in [0.3, 0.4) is 0 Å². The van der Waals surface area contributed by atoms with Gasteiger partial charge >= 0.3 is 24.1 Å². The van der Waals surface area contributed by atoms with Crippen LogP contribution in [0.25, 0.3) is 0 Å². The number of esters is 3. The van der Waals surface area contributed by atoms with E-state index in [0.717, 1.165) is 30.3 Å². The predicted octanol–water partition coefficient (Wildman–Crippen LogP) is 9.51. The Morgan fingerprint density at radius 1 is 0.808 bits per heavy atom. The minimum Gasteiger partial charge on any atom is -0.479 e. The summed E-state index contributed by atoms with van der Waals surface area (Å²) in [5.74, 6) is -1.17. The number of ether oxygens (including phenoxy) is 6. The molecule has 4 rings (SSSR count). The second kappa shape index (κ2) is 18.8. The highest BCUT2D eigenvalue weighted by molar-refractivity contribution is 6.35. The van der Waals surface area contributed by atoms with E-state index in [2.05, 4.69) is 9.47 Å². The van der Waals surface area contributed by atoms with Crippen LogP contribution < -0.4 is 14.2 Å². The van der Waals surface area contributed by atoms with Crippen molar-refractivity contribution >= 4 is 58.4 Å². The van der Waals surface area contributed by atoms with Gasteiger partial charge in [-0.25, -0.2) is 14.4 Å². The number of carbonyl (C=O) groups is 3. The van der Waals surface area contributed by atoms with Gasteiger partial charge in [-0.1, -0.05) is 34.8 Å². The lowest BCUT2D eigenvalue weighted by Crippen LogP contribution is -2.24. The zero-order chi connectivity index (χ0) is 38.6. The van der Waals surface area contributed by atoms with Crippen LogP contribution in [0.15, 0.2) is 78.9 Å². The molecule has 0 N–H and O–H groups in total. The van der Waals surface area contributed by atoms with Crippen molar-refractivity contribution < 1.29 is 60.9 Å². The molecule has 0 aromatic heterocycles. The molecule has 0 aliphatic carbocycles. The summed E-state index contributed by atoms with van der Waals surface area (Å²) in [7, 11) is 1.31. The van der Waals surface area contributed by atoms with Gasteiger partial charge in [-0.2, -0.15) is 13.2 Å². The fourth-order valence-corrected chi connectivity index (χ4v) is 4.55. The lowest BCUT2D eigenvalue weighted by Gasteiger charge is -2.13. The number of hydrogen-bond donors (Lipinski definition) is 0. The third kappa shape index (κ3) is 12.2. The van der Waals surface area contributed by atoms with Gasteiger partial charge in [0.15, 0.2) is 12.7 Å². The number of carbonyl (C=O) groups excluding carboxylic acids is 3. The molecule has 4 aromatic carbocycles. The first kappa shape index (κ1) is 41.2. The largest absolute Gasteiger partial charge is 0.479 e. The molecule has 0 amide bonds. The number of nitro groups is 1. The smallest absolute Gasteiger partial charge is 0.416 e. The van der Waals surface area contributed by atoms with Gasteiger partial charge in [0.05, 0.1) is 34.2 Å². The average molecular weight is 789 g/mol. The molecule has 0 saturated carbocycles. The Balaban J connectivity index is 0.000000294. The van der Waals surface area contributed by atoms with E-state index in [9.17, 15) is 37.7 Å². The molecule has 52 heavy (non-hydrogen) atoms. The van der Waals surface area contributed by atoms with Crippen LogP contribution in [0.1, 0.15) is 29.8 Å². The highest BCUT2D eigenvalue weighted by atomic mass is 35.5. The molecule has 18 heteroatoms. The molecule has 1 unspecified atom stereocenters. The van der Waals surface area contributed by atoms with Crippen LogP contribution in [0.5, 0.6) is 28.7 Å². The van der Waals surface area contributed by atoms with Crippen molar-refractivity contribution in [1.82, 2.24) is 0 Å². The molecule has 1 atom stereocenters. The Labute approximate surface area is 308 Å². The Hall–Kier alpha value is -5.25. The quantitative estimate of drug-likeness (QED) is 0.0585. The average Bonchev–Trinajstić information content (AvgIpc) is 3.09. The van der Waals surface area contributed by atoms with Crippen LogP contribution in [0, 0.1) is 10.1 Å². The van der Waals surface area contributed by atoms with E-state index >= 15 is 0 Å². The third-order valence-electron chi connectivity index (χ3n) is 6.29. The van der Waals surface area contributed by atoms with Crippen molar-refractivity contribution in [1.29, 1.82) is 0 Å². The Kier molecular flexibility index (Phi) is 14.9. The molecule has 12 nitrogen and oxygen atoms in total. The fraction of sp³-hybridized carbons (Fsp3) is 0.206. The number of nitrogens with zero attached hydrogens (tertiary/aromatic N) is 1. The van der Waals surface area contributed by atoms with E-state index in [4.69, 9.17) is 53.8 Å². The molecule has 0 radical (unpaired) electrons. The first-order valence-corrected chi connectivity index (χ1v) is 15.8. The number of nitro benzene ring substituents is 1. The maximum Gasteiger partial charge on any atom is 0.416 e. The molecule has 0 bridgehead atoms. The number of hydrogen-bond acceptors (Lipinski definition) is 11. The van der Waals surface area contributed by atoms with Crippen LogP contribution >= 0.6 is 34.8 Å². The topological polar surface area (TPSA) is 150 Å². The maximum absolute atomic E-state index is 12.7. The number of halogens is 6. The molecule has 4 aromatic rings. The molecule has 0 fully saturated rings. The summed E-state index contributed by atoms with van der Waals surface area (Å²) in [6.07, 6.45) is -5.28. The van der Waals surface area contributed by atoms with Crippen molar-refractivity contribution in [3.63, 3.8) is 0 Å². The van der Waals surface area contributed by atoms with Crippen LogP contribution in [0.2, 0.25) is 15.1 Å². The SMILES string of the molecule is CCOC(=O)COC(=O)c1cc(Oc2ccc(C(F)(F)F)cc2Cl)ccc1[N+](=O)[O-].COC(=O)C(C)Oc1ccc(Oc2ccc(Cl)cc2Cl)cc1. The minimum absolute atomic E-state index is 0.0493. The van der Waals surface area contributed by atoms with Gasteiger partial charge in [0.25, 0.3) is 5.69 Å². The minimum atomic E-state index is -4.61. The van der Waals surface area contributed by atoms with Crippen LogP contribution in [-0.2, 0) is 30.0 Å². The van der Waals surface area contributed by atoms with E-state index < -0.39 is 58.5 Å². The fourth-order valence-electron chi connectivity index (χ4n) is 3.88. The van der Waals surface area contributed by atoms with Crippen LogP contribution in [0.4, 0.5) is 18.9 Å². The zero-order valence-corrected chi connectivity index (χ0v) is 29.5. The highest BCUT2D eigenvalue weighted by Crippen LogP contribution is 2.37. The predicted molar refractivity (Wildman–Crippen MR) is 182 cm³/mol. The van der Waals surface area contributed by atoms with Gasteiger partial charge in [0.1, 0.15) is 34.3 Å². The second-order valence-corrected chi connectivity index (χ2v) is 11.2. The lowest BCUT2D eigenvalue weighted by molar-refractivity contribution is -0.385. The normalized spacial score (nSPS) is 11.2. The van der Waals surface area contributed by atoms with Gasteiger partial charge in [0, 0.05) is 17.2 Å². The number of benzene rings is 4. The van der Waals surface area contributed by atoms with Crippen molar-refractivity contribution in [2.75, 3.05) is 20.3 Å². The molecule has 0 heterocycles. The Morgan fingerprint density at radius 2 is 1.38 bits per heavy atom. The van der Waals surface area contributed by atoms with E-state index in [0.29, 0.717) is 33.4 Å². The number of methoxy groups -OCH3 is 1. The molecule has 0 saturated heterocycles. The van der Waals surface area contributed by atoms with E-state index in [-0.39, 0.29) is 23.1 Å². The highest BCUT2D eigenvalue weighted by Gasteiger charge is 2.31. The van der Waals surface area contributed by atoms with E-state index in [1.54, 1.807) is 49.4 Å². The number of rotatable bonds is 12. The van der Waals surface area contributed by atoms with E-state index in [1.165, 1.54) is 14.0 Å². The Bertz CT molecular complexity index is 1910. The first-order chi connectivity index (χ1) is 24.5. The molecular formula is C34H27Cl3F3NO11. The summed E-state index contributed by atoms with van der Waals surface area (Å²) < 4.78 is 68.5. The van der Waals surface area contributed by atoms with Crippen molar-refractivity contribution in [2.24, 2.45) is 0 Å². The second-order valence-electron chi connectivity index (χ2n) is 9.99. The third-order valence-corrected chi connectivity index (χ3v) is 7.12. The summed E-state index contributed by atoms with van der Waals surface area (Å²) in [6.45, 7) is 2.44. The van der Waals surface area contributed by atoms with Crippen molar-refractivity contribution in [3.05, 3.63) is 115 Å². The summed E-state index contributed by atoms with van der Waals surface area (Å²) in [5.41, 5.74) is -2.16. The standard InChI is InChI=1S/C18H13ClF3NO7.C16H14Cl2O4/c1-2-28-16(24)9-29-17(25)12-8-11(4-5-14(12)23(26)27)30-15-6-3-10(7-13(15)19)18(20,21)22;1-10(16(19)20-2)21-12-4-6-13(7-5-12)22-15-8-3-11(17)9-14(15)18/h3-8H,2,9H2,1H3;3-10H,1-2H3. The summed E-state index contributed by atoms with van der Waals surface area (Å²) in [6, 6.07) is 17.2. The number of alkyl halides is 3. The maximum atomic E-state index is 12.7. The van der Waals surface area contributed by atoms with Crippen molar-refractivity contribution in [3.8, 4) is 28.7 Å². The molecule has 276 valence electrons. The van der Waals surface area contributed by atoms with Gasteiger partial charge in [-0.15, -0.1) is 0 Å². The molecule has 0 aliphatic rings. The lowest BCUT2D eigenvalue weighted by atomic mass is 10.1. The van der Waals surface area contributed by atoms with E-state index in [1.807, 2.05) is 0 Å². The molecule has 0 spiro atoms. The van der Waals surface area contributed by atoms with Crippen LogP contribution in [-0.4, -0.2) is 49.3 Å². The van der Waals surface area contributed by atoms with Crippen molar-refractivity contribution in [2.45, 2.75) is 26.1 Å². The van der Waals surface area contributed by atoms with Gasteiger partial charge in [-0.3, -0.25) is 10.1 Å². The Morgan fingerprint density at radius 3 is 1.94 bits per heavy atom. The van der Waals surface area contributed by atoms with Gasteiger partial charge < -0.3 is 28.4 Å². The zero-order valence-electron chi connectivity index (χ0n) is 27.2. The molecule has 0 aliphatic heterocycles. The summed E-state index contributed by atoms with van der Waals surface area (Å²) in [5, 5.41) is 11.8. The summed E-state index contributed by atoms with van der Waals surface area (Å²) >= 11 is 17.7. The summed E-state index contributed by atoms with van der Waals surface area (Å²) in [4.78, 5) is 45.1. The molecular weight excluding hydrogens is 762 g/mol. The monoisotopic (exact) mass is 787 g/mol.